The van der Waals surface area contributed by atoms with Crippen LogP contribution >= 0.6 is 11.6 Å². The molecule has 0 aromatic carbocycles. The monoisotopic (exact) mass is 267 g/mol. The van der Waals surface area contributed by atoms with Gasteiger partial charge in [0.2, 0.25) is 0 Å². The molecule has 0 saturated carbocycles. The van der Waals surface area contributed by atoms with E-state index in [1.165, 1.54) is 12.1 Å². The average molecular weight is 268 g/mol. The minimum atomic E-state index is -1.07. The molecule has 0 unspecified atom stereocenters. The van der Waals surface area contributed by atoms with Crippen LogP contribution in [0.25, 0.3) is 0 Å². The molecule has 0 radical (unpaired) electrons. The van der Waals surface area contributed by atoms with Crippen LogP contribution < -0.4 is 5.32 Å². The molecule has 18 heavy (non-hydrogen) atoms. The highest BCUT2D eigenvalue weighted by molar-refractivity contribution is 6.29. The fraction of sp³-hybridized carbons (Fsp3) is 0.182. The summed E-state index contributed by atoms with van der Waals surface area (Å²) < 4.78 is 4.90. The first-order valence-corrected chi connectivity index (χ1v) is 5.50. The number of hydrogen-bond donors (Lipinski definition) is 2. The Morgan fingerprint density at radius 1 is 1.56 bits per heavy atom. The largest absolute Gasteiger partial charge is 0.478 e. The Labute approximate surface area is 108 Å². The maximum atomic E-state index is 11.0. The third-order valence-corrected chi connectivity index (χ3v) is 2.42. The molecule has 0 spiro atoms. The molecule has 6 nitrogen and oxygen atoms in total. The SMILES string of the molecule is Cc1cc(CNc2nc(Cl)ccc2C(=O)O)no1. The van der Waals surface area contributed by atoms with E-state index in [4.69, 9.17) is 21.2 Å². The zero-order chi connectivity index (χ0) is 13.1. The molecule has 0 fully saturated rings. The molecule has 0 amide bonds. The first-order chi connectivity index (χ1) is 8.56. The van der Waals surface area contributed by atoms with Gasteiger partial charge in [0.1, 0.15) is 28.0 Å². The van der Waals surface area contributed by atoms with Crippen molar-refractivity contribution in [3.8, 4) is 0 Å². The summed E-state index contributed by atoms with van der Waals surface area (Å²) in [4.78, 5) is 14.9. The van der Waals surface area contributed by atoms with E-state index in [1.807, 2.05) is 0 Å². The highest BCUT2D eigenvalue weighted by atomic mass is 35.5. The highest BCUT2D eigenvalue weighted by Crippen LogP contribution is 2.17. The molecule has 7 heteroatoms. The van der Waals surface area contributed by atoms with Gasteiger partial charge < -0.3 is 14.9 Å². The molecule has 0 bridgehead atoms. The van der Waals surface area contributed by atoms with Crippen LogP contribution in [-0.4, -0.2) is 21.2 Å². The van der Waals surface area contributed by atoms with Gasteiger partial charge in [-0.25, -0.2) is 9.78 Å². The van der Waals surface area contributed by atoms with Crippen molar-refractivity contribution < 1.29 is 14.4 Å². The zero-order valence-electron chi connectivity index (χ0n) is 9.48. The average Bonchev–Trinajstić information content (AvgIpc) is 2.72. The zero-order valence-corrected chi connectivity index (χ0v) is 10.2. The molecule has 0 aliphatic carbocycles. The minimum absolute atomic E-state index is 0.0552. The Morgan fingerprint density at radius 3 is 2.94 bits per heavy atom. The minimum Gasteiger partial charge on any atom is -0.478 e. The molecule has 0 aliphatic rings. The molecule has 0 atom stereocenters. The normalized spacial score (nSPS) is 10.3. The highest BCUT2D eigenvalue weighted by Gasteiger charge is 2.12. The summed E-state index contributed by atoms with van der Waals surface area (Å²) in [7, 11) is 0. The van der Waals surface area contributed by atoms with Gasteiger partial charge in [0.15, 0.2) is 0 Å². The van der Waals surface area contributed by atoms with Crippen molar-refractivity contribution in [1.82, 2.24) is 10.1 Å². The van der Waals surface area contributed by atoms with Crippen LogP contribution in [0, 0.1) is 6.92 Å². The number of pyridine rings is 1. The van der Waals surface area contributed by atoms with E-state index < -0.39 is 5.97 Å². The lowest BCUT2D eigenvalue weighted by Gasteiger charge is -2.06. The van der Waals surface area contributed by atoms with Crippen LogP contribution in [0.15, 0.2) is 22.7 Å². The summed E-state index contributed by atoms with van der Waals surface area (Å²) in [6.07, 6.45) is 0. The number of rotatable bonds is 4. The van der Waals surface area contributed by atoms with Gasteiger partial charge in [0.05, 0.1) is 6.54 Å². The van der Waals surface area contributed by atoms with Crippen LogP contribution in [-0.2, 0) is 6.54 Å². The molecule has 2 rings (SSSR count). The first kappa shape index (κ1) is 12.4. The van der Waals surface area contributed by atoms with Crippen LogP contribution in [0.1, 0.15) is 21.8 Å². The second kappa shape index (κ2) is 5.05. The number of hydrogen-bond acceptors (Lipinski definition) is 5. The summed E-state index contributed by atoms with van der Waals surface area (Å²) >= 11 is 5.73. The predicted octanol–water partition coefficient (Wildman–Crippen LogP) is 2.34. The lowest BCUT2D eigenvalue weighted by Crippen LogP contribution is -2.08. The fourth-order valence-electron chi connectivity index (χ4n) is 1.42. The second-order valence-electron chi connectivity index (χ2n) is 3.62. The molecular weight excluding hydrogens is 258 g/mol. The van der Waals surface area contributed by atoms with Crippen LogP contribution in [0.4, 0.5) is 5.82 Å². The van der Waals surface area contributed by atoms with Gasteiger partial charge in [-0.1, -0.05) is 16.8 Å². The number of carboxylic acid groups (broad SMARTS) is 1. The molecule has 94 valence electrons. The maximum absolute atomic E-state index is 11.0. The van der Waals surface area contributed by atoms with E-state index in [0.717, 1.165) is 0 Å². The Morgan fingerprint density at radius 2 is 2.33 bits per heavy atom. The van der Waals surface area contributed by atoms with Gasteiger partial charge in [-0.3, -0.25) is 0 Å². The molecule has 0 aliphatic heterocycles. The molecule has 2 N–H and O–H groups in total. The van der Waals surface area contributed by atoms with Crippen molar-refractivity contribution in [3.05, 3.63) is 40.4 Å². The predicted molar refractivity (Wildman–Crippen MR) is 64.8 cm³/mol. The van der Waals surface area contributed by atoms with Crippen molar-refractivity contribution in [2.75, 3.05) is 5.32 Å². The summed E-state index contributed by atoms with van der Waals surface area (Å²) in [6, 6.07) is 4.57. The Hall–Kier alpha value is -2.08. The van der Waals surface area contributed by atoms with E-state index >= 15 is 0 Å². The standard InChI is InChI=1S/C11H10ClN3O3/c1-6-4-7(15-18-6)5-13-10-8(11(16)17)2-3-9(12)14-10/h2-4H,5H2,1H3,(H,13,14)(H,16,17). The van der Waals surface area contributed by atoms with E-state index in [2.05, 4.69) is 15.5 Å². The number of aromatic carboxylic acids is 1. The van der Waals surface area contributed by atoms with Gasteiger partial charge in [0, 0.05) is 6.07 Å². The third kappa shape index (κ3) is 2.78. The molecule has 2 heterocycles. The molecule has 2 aromatic rings. The second-order valence-corrected chi connectivity index (χ2v) is 4.00. The summed E-state index contributed by atoms with van der Waals surface area (Å²) in [5.74, 6) is -0.182. The summed E-state index contributed by atoms with van der Waals surface area (Å²) in [5.41, 5.74) is 0.713. The fourth-order valence-corrected chi connectivity index (χ4v) is 1.57. The van der Waals surface area contributed by atoms with Crippen molar-refractivity contribution in [3.63, 3.8) is 0 Å². The van der Waals surface area contributed by atoms with Crippen LogP contribution in [0.5, 0.6) is 0 Å². The van der Waals surface area contributed by atoms with Gasteiger partial charge in [-0.2, -0.15) is 0 Å². The summed E-state index contributed by atoms with van der Waals surface area (Å²) in [6.45, 7) is 2.09. The van der Waals surface area contributed by atoms with Gasteiger partial charge in [0.25, 0.3) is 0 Å². The number of carboxylic acids is 1. The van der Waals surface area contributed by atoms with E-state index in [9.17, 15) is 4.79 Å². The third-order valence-electron chi connectivity index (χ3n) is 2.21. The van der Waals surface area contributed by atoms with Crippen molar-refractivity contribution >= 4 is 23.4 Å². The van der Waals surface area contributed by atoms with E-state index in [-0.39, 0.29) is 16.5 Å². The van der Waals surface area contributed by atoms with Gasteiger partial charge in [-0.05, 0) is 19.1 Å². The van der Waals surface area contributed by atoms with E-state index in [1.54, 1.807) is 13.0 Å². The molecular formula is C11H10ClN3O3. The van der Waals surface area contributed by atoms with Crippen molar-refractivity contribution in [2.45, 2.75) is 13.5 Å². The summed E-state index contributed by atoms with van der Waals surface area (Å²) in [5, 5.41) is 15.9. The first-order valence-electron chi connectivity index (χ1n) is 5.12. The molecule has 2 aromatic heterocycles. The number of nitrogens with zero attached hydrogens (tertiary/aromatic N) is 2. The number of halogens is 1. The van der Waals surface area contributed by atoms with Crippen molar-refractivity contribution in [1.29, 1.82) is 0 Å². The van der Waals surface area contributed by atoms with Crippen LogP contribution in [0.3, 0.4) is 0 Å². The molecule has 0 saturated heterocycles. The number of nitrogens with one attached hydrogen (secondary N) is 1. The number of aromatic nitrogens is 2. The topological polar surface area (TPSA) is 88.2 Å². The Kier molecular flexibility index (Phi) is 3.47. The quantitative estimate of drug-likeness (QED) is 0.827. The smallest absolute Gasteiger partial charge is 0.339 e. The lowest BCUT2D eigenvalue weighted by atomic mass is 10.2. The number of aryl methyl sites for hydroxylation is 1. The van der Waals surface area contributed by atoms with Gasteiger partial charge >= 0.3 is 5.97 Å². The number of anilines is 1. The van der Waals surface area contributed by atoms with Crippen LogP contribution in [0.2, 0.25) is 5.15 Å². The lowest BCUT2D eigenvalue weighted by molar-refractivity contribution is 0.0697. The van der Waals surface area contributed by atoms with E-state index in [0.29, 0.717) is 18.0 Å². The number of carbonyl (C=O) groups is 1. The maximum Gasteiger partial charge on any atom is 0.339 e. The Balaban J connectivity index is 2.17. The van der Waals surface area contributed by atoms with Gasteiger partial charge in [-0.15, -0.1) is 0 Å². The Bertz CT molecular complexity index is 583. The van der Waals surface area contributed by atoms with Crippen molar-refractivity contribution in [2.24, 2.45) is 0 Å².